The van der Waals surface area contributed by atoms with Crippen LogP contribution < -0.4 is 0 Å². The molecule has 0 bridgehead atoms. The number of benzene rings is 1. The third-order valence-electron chi connectivity index (χ3n) is 2.07. The summed E-state index contributed by atoms with van der Waals surface area (Å²) in [6.45, 7) is 0. The number of nitro benzene ring substituents is 1. The molecule has 0 N–H and O–H groups in total. The number of hydrogen-bond donors (Lipinski definition) is 0. The van der Waals surface area contributed by atoms with Crippen molar-refractivity contribution in [1.82, 2.24) is 4.90 Å². The Morgan fingerprint density at radius 2 is 1.94 bits per heavy atom. The summed E-state index contributed by atoms with van der Waals surface area (Å²) < 4.78 is 22.3. The molecule has 0 saturated carbocycles. The summed E-state index contributed by atoms with van der Waals surface area (Å²) in [5.41, 5.74) is -0.714. The highest BCUT2D eigenvalue weighted by Gasteiger charge is 2.25. The van der Waals surface area contributed by atoms with Gasteiger partial charge in [-0.3, -0.25) is 14.9 Å². The number of amides is 1. The van der Waals surface area contributed by atoms with E-state index in [1.807, 2.05) is 0 Å². The molecule has 9 heteroatoms. The maximum atomic E-state index is 11.6. The molecule has 0 atom stereocenters. The first-order chi connectivity index (χ1) is 8.14. The molecule has 0 heterocycles. The van der Waals surface area contributed by atoms with Gasteiger partial charge in [-0.05, 0) is 12.1 Å². The van der Waals surface area contributed by atoms with Gasteiger partial charge in [0.05, 0.1) is 4.92 Å². The second-order valence-corrected chi connectivity index (χ2v) is 6.11. The second-order valence-electron chi connectivity index (χ2n) is 3.58. The first kappa shape index (κ1) is 14.4. The zero-order valence-corrected chi connectivity index (χ0v) is 11.0. The second kappa shape index (κ2) is 4.91. The number of nitrogens with zero attached hydrogens (tertiary/aromatic N) is 2. The van der Waals surface area contributed by atoms with Gasteiger partial charge in [-0.15, -0.1) is 0 Å². The van der Waals surface area contributed by atoms with Gasteiger partial charge in [-0.2, -0.15) is 0 Å². The lowest BCUT2D eigenvalue weighted by Gasteiger charge is -2.10. The average Bonchev–Trinajstić information content (AvgIpc) is 2.25. The molecule has 0 unspecified atom stereocenters. The quantitative estimate of drug-likeness (QED) is 0.474. The van der Waals surface area contributed by atoms with E-state index in [9.17, 15) is 23.3 Å². The largest absolute Gasteiger partial charge is 0.345 e. The molecule has 1 rings (SSSR count). The molecule has 0 aliphatic carbocycles. The molecule has 0 saturated heterocycles. The van der Waals surface area contributed by atoms with Crippen LogP contribution in [-0.4, -0.2) is 38.2 Å². The molecule has 1 aromatic rings. The van der Waals surface area contributed by atoms with Gasteiger partial charge in [0.25, 0.3) is 20.6 Å². The van der Waals surface area contributed by atoms with E-state index >= 15 is 0 Å². The summed E-state index contributed by atoms with van der Waals surface area (Å²) in [4.78, 5) is 22.1. The lowest BCUT2D eigenvalue weighted by atomic mass is 10.2. The number of hydrogen-bond acceptors (Lipinski definition) is 5. The molecule has 0 fully saturated rings. The highest BCUT2D eigenvalue weighted by atomic mass is 35.7. The van der Waals surface area contributed by atoms with E-state index in [4.69, 9.17) is 10.7 Å². The molecule has 0 aromatic heterocycles. The van der Waals surface area contributed by atoms with Crippen molar-refractivity contribution >= 4 is 31.3 Å². The van der Waals surface area contributed by atoms with Gasteiger partial charge in [0.1, 0.15) is 0 Å². The highest BCUT2D eigenvalue weighted by Crippen LogP contribution is 2.28. The minimum atomic E-state index is -4.24. The van der Waals surface area contributed by atoms with Crippen molar-refractivity contribution < 1.29 is 18.1 Å². The third kappa shape index (κ3) is 2.96. The molecule has 0 aliphatic rings. The van der Waals surface area contributed by atoms with Gasteiger partial charge in [0, 0.05) is 36.4 Å². The molecule has 7 nitrogen and oxygen atoms in total. The van der Waals surface area contributed by atoms with Crippen LogP contribution in [0.5, 0.6) is 0 Å². The zero-order valence-electron chi connectivity index (χ0n) is 9.45. The minimum absolute atomic E-state index is 0.00997. The van der Waals surface area contributed by atoms with Gasteiger partial charge in [0.15, 0.2) is 4.90 Å². The Morgan fingerprint density at radius 3 is 2.33 bits per heavy atom. The average molecular weight is 293 g/mol. The van der Waals surface area contributed by atoms with E-state index in [2.05, 4.69) is 0 Å². The van der Waals surface area contributed by atoms with Crippen molar-refractivity contribution in [2.45, 2.75) is 4.90 Å². The smallest absolute Gasteiger partial charge is 0.290 e. The highest BCUT2D eigenvalue weighted by molar-refractivity contribution is 8.13. The van der Waals surface area contributed by atoms with Crippen molar-refractivity contribution in [2.24, 2.45) is 0 Å². The molecular formula is C9H9ClN2O5S. The van der Waals surface area contributed by atoms with Crippen molar-refractivity contribution in [3.05, 3.63) is 33.9 Å². The summed E-state index contributed by atoms with van der Waals surface area (Å²) in [5.74, 6) is -0.475. The number of carbonyl (C=O) groups excluding carboxylic acids is 1. The number of carbonyl (C=O) groups is 1. The summed E-state index contributed by atoms with van der Waals surface area (Å²) in [7, 11) is 3.78. The Bertz CT molecular complexity index is 611. The number of nitro groups is 1. The fourth-order valence-electron chi connectivity index (χ4n) is 1.26. The molecule has 1 amide bonds. The molecule has 0 radical (unpaired) electrons. The fourth-order valence-corrected chi connectivity index (χ4v) is 2.26. The topological polar surface area (TPSA) is 97.6 Å². The summed E-state index contributed by atoms with van der Waals surface area (Å²) in [6.07, 6.45) is 0. The SMILES string of the molecule is CN(C)C(=O)c1ccc(S(=O)(=O)Cl)c([N+](=O)[O-])c1. The fraction of sp³-hybridized carbons (Fsp3) is 0.222. The van der Waals surface area contributed by atoms with Crippen LogP contribution in [0.3, 0.4) is 0 Å². The maximum absolute atomic E-state index is 11.6. The lowest BCUT2D eigenvalue weighted by molar-refractivity contribution is -0.387. The van der Waals surface area contributed by atoms with Crippen LogP contribution in [0, 0.1) is 10.1 Å². The molecule has 98 valence electrons. The molecule has 18 heavy (non-hydrogen) atoms. The van der Waals surface area contributed by atoms with Crippen LogP contribution in [0.1, 0.15) is 10.4 Å². The molecular weight excluding hydrogens is 284 g/mol. The van der Waals surface area contributed by atoms with E-state index in [0.29, 0.717) is 0 Å². The standard InChI is InChI=1S/C9H9ClN2O5S/c1-11(2)9(13)6-3-4-8(18(10,16)17)7(5-6)12(14)15/h3-5H,1-2H3. The minimum Gasteiger partial charge on any atom is -0.345 e. The van der Waals surface area contributed by atoms with E-state index in [1.165, 1.54) is 25.1 Å². The van der Waals surface area contributed by atoms with Gasteiger partial charge < -0.3 is 4.90 Å². The third-order valence-corrected chi connectivity index (χ3v) is 3.44. The van der Waals surface area contributed by atoms with Crippen LogP contribution in [0.4, 0.5) is 5.69 Å². The van der Waals surface area contributed by atoms with E-state index in [0.717, 1.165) is 12.1 Å². The van der Waals surface area contributed by atoms with Crippen LogP contribution in [-0.2, 0) is 9.05 Å². The Hall–Kier alpha value is -1.67. The van der Waals surface area contributed by atoms with E-state index in [1.54, 1.807) is 0 Å². The van der Waals surface area contributed by atoms with Gasteiger partial charge in [-0.1, -0.05) is 0 Å². The Morgan fingerprint density at radius 1 is 1.39 bits per heavy atom. The predicted molar refractivity (Wildman–Crippen MR) is 64.2 cm³/mol. The van der Waals surface area contributed by atoms with Crippen molar-refractivity contribution in [2.75, 3.05) is 14.1 Å². The van der Waals surface area contributed by atoms with Gasteiger partial charge in [0.2, 0.25) is 0 Å². The summed E-state index contributed by atoms with van der Waals surface area (Å²) in [5, 5.41) is 10.8. The monoisotopic (exact) mass is 292 g/mol. The van der Waals surface area contributed by atoms with E-state index in [-0.39, 0.29) is 5.56 Å². The van der Waals surface area contributed by atoms with Crippen LogP contribution in [0.25, 0.3) is 0 Å². The molecule has 0 aliphatic heterocycles. The van der Waals surface area contributed by atoms with Gasteiger partial charge >= 0.3 is 0 Å². The Kier molecular flexibility index (Phi) is 3.92. The molecule has 1 aromatic carbocycles. The van der Waals surface area contributed by atoms with Crippen LogP contribution >= 0.6 is 10.7 Å². The molecule has 0 spiro atoms. The van der Waals surface area contributed by atoms with Crippen molar-refractivity contribution in [3.8, 4) is 0 Å². The zero-order chi connectivity index (χ0) is 14.1. The number of halogens is 1. The van der Waals surface area contributed by atoms with Crippen LogP contribution in [0.15, 0.2) is 23.1 Å². The summed E-state index contributed by atoms with van der Waals surface area (Å²) >= 11 is 0. The van der Waals surface area contributed by atoms with Crippen molar-refractivity contribution in [3.63, 3.8) is 0 Å². The summed E-state index contributed by atoms with van der Waals surface area (Å²) in [6, 6.07) is 3.00. The number of rotatable bonds is 3. The van der Waals surface area contributed by atoms with Crippen molar-refractivity contribution in [1.29, 1.82) is 0 Å². The van der Waals surface area contributed by atoms with Gasteiger partial charge in [-0.25, -0.2) is 8.42 Å². The maximum Gasteiger partial charge on any atom is 0.290 e. The van der Waals surface area contributed by atoms with E-state index < -0.39 is 30.5 Å². The lowest BCUT2D eigenvalue weighted by Crippen LogP contribution is -2.21. The first-order valence-corrected chi connectivity index (χ1v) is 6.90. The predicted octanol–water partition coefficient (Wildman–Crippen LogP) is 1.22. The normalized spacial score (nSPS) is 11.1. The Labute approximate surface area is 108 Å². The Balaban J connectivity index is 3.47. The van der Waals surface area contributed by atoms with Crippen LogP contribution in [0.2, 0.25) is 0 Å². The first-order valence-electron chi connectivity index (χ1n) is 4.59.